The number of carbonyl (C=O) groups is 1. The Morgan fingerprint density at radius 1 is 1.07 bits per heavy atom. The van der Waals surface area contributed by atoms with Gasteiger partial charge in [-0.1, -0.05) is 35.5 Å². The van der Waals surface area contributed by atoms with E-state index in [1.165, 1.54) is 0 Å². The first-order chi connectivity index (χ1) is 14.2. The Kier molecular flexibility index (Phi) is 5.52. The molecule has 3 heterocycles. The molecule has 0 saturated heterocycles. The fraction of sp³-hybridized carbons (Fsp3) is 0.174. The molecule has 1 aromatic carbocycles. The number of benzene rings is 1. The van der Waals surface area contributed by atoms with Gasteiger partial charge in [-0.2, -0.15) is 0 Å². The van der Waals surface area contributed by atoms with E-state index in [4.69, 9.17) is 8.94 Å². The second-order valence-corrected chi connectivity index (χ2v) is 6.85. The van der Waals surface area contributed by atoms with Crippen LogP contribution in [0, 0.1) is 0 Å². The van der Waals surface area contributed by atoms with E-state index in [0.29, 0.717) is 18.7 Å². The first-order valence-electron chi connectivity index (χ1n) is 9.39. The van der Waals surface area contributed by atoms with Crippen molar-refractivity contribution < 1.29 is 13.7 Å². The molecule has 0 N–H and O–H groups in total. The Balaban J connectivity index is 1.45. The van der Waals surface area contributed by atoms with Gasteiger partial charge in [-0.05, 0) is 29.8 Å². The minimum Gasteiger partial charge on any atom is -0.469 e. The standard InChI is InChI=1S/C23H21N3O3/c1-26(16-19-14-21(25-29-19)18-9-11-24-12-10-18)23(27)15-20(22-8-5-13-28-22)17-6-3-2-4-7-17/h2-14,20H,15-16H2,1H3/t20-/m1/s1. The molecule has 6 heteroatoms. The fourth-order valence-electron chi connectivity index (χ4n) is 3.26. The minimum atomic E-state index is -0.136. The maximum Gasteiger partial charge on any atom is 0.223 e. The topological polar surface area (TPSA) is 72.4 Å². The molecule has 0 spiro atoms. The first kappa shape index (κ1) is 18.7. The number of amides is 1. The van der Waals surface area contributed by atoms with Crippen molar-refractivity contribution in [1.82, 2.24) is 15.0 Å². The second-order valence-electron chi connectivity index (χ2n) is 6.85. The van der Waals surface area contributed by atoms with Crippen LogP contribution in [0.25, 0.3) is 11.3 Å². The number of carbonyl (C=O) groups excluding carboxylic acids is 1. The van der Waals surface area contributed by atoms with Crippen LogP contribution in [0.15, 0.2) is 88.3 Å². The molecule has 29 heavy (non-hydrogen) atoms. The van der Waals surface area contributed by atoms with Gasteiger partial charge < -0.3 is 13.8 Å². The highest BCUT2D eigenvalue weighted by molar-refractivity contribution is 5.77. The van der Waals surface area contributed by atoms with Crippen LogP contribution >= 0.6 is 0 Å². The van der Waals surface area contributed by atoms with E-state index in [0.717, 1.165) is 22.6 Å². The molecule has 0 bridgehead atoms. The summed E-state index contributed by atoms with van der Waals surface area (Å²) in [5.74, 6) is 1.26. The van der Waals surface area contributed by atoms with Crippen molar-refractivity contribution in [3.63, 3.8) is 0 Å². The summed E-state index contributed by atoms with van der Waals surface area (Å²) >= 11 is 0. The molecule has 146 valence electrons. The lowest BCUT2D eigenvalue weighted by Crippen LogP contribution is -2.27. The van der Waals surface area contributed by atoms with Crippen LogP contribution < -0.4 is 0 Å². The van der Waals surface area contributed by atoms with E-state index in [-0.39, 0.29) is 11.8 Å². The molecule has 0 saturated carbocycles. The van der Waals surface area contributed by atoms with Crippen molar-refractivity contribution in [3.05, 3.63) is 96.4 Å². The highest BCUT2D eigenvalue weighted by atomic mass is 16.5. The van der Waals surface area contributed by atoms with Crippen molar-refractivity contribution in [2.45, 2.75) is 18.9 Å². The predicted molar refractivity (Wildman–Crippen MR) is 108 cm³/mol. The number of rotatable bonds is 7. The zero-order valence-electron chi connectivity index (χ0n) is 16.1. The Hall–Kier alpha value is -3.67. The molecule has 1 amide bonds. The number of hydrogen-bond acceptors (Lipinski definition) is 5. The van der Waals surface area contributed by atoms with Gasteiger partial charge in [0.15, 0.2) is 5.76 Å². The summed E-state index contributed by atoms with van der Waals surface area (Å²) in [4.78, 5) is 18.6. The van der Waals surface area contributed by atoms with Gasteiger partial charge in [0.05, 0.1) is 18.7 Å². The van der Waals surface area contributed by atoms with Crippen LogP contribution in [-0.4, -0.2) is 28.0 Å². The lowest BCUT2D eigenvalue weighted by molar-refractivity contribution is -0.131. The third-order valence-electron chi connectivity index (χ3n) is 4.82. The quantitative estimate of drug-likeness (QED) is 0.466. The highest BCUT2D eigenvalue weighted by Crippen LogP contribution is 2.29. The average molecular weight is 387 g/mol. The molecule has 0 radical (unpaired) electrons. The molecule has 0 unspecified atom stereocenters. The van der Waals surface area contributed by atoms with Crippen LogP contribution in [0.3, 0.4) is 0 Å². The second kappa shape index (κ2) is 8.56. The van der Waals surface area contributed by atoms with E-state index in [2.05, 4.69) is 10.1 Å². The van der Waals surface area contributed by atoms with Gasteiger partial charge in [0, 0.05) is 37.5 Å². The number of pyridine rings is 1. The van der Waals surface area contributed by atoms with E-state index in [1.54, 1.807) is 30.6 Å². The van der Waals surface area contributed by atoms with Gasteiger partial charge >= 0.3 is 0 Å². The monoisotopic (exact) mass is 387 g/mol. The highest BCUT2D eigenvalue weighted by Gasteiger charge is 2.23. The summed E-state index contributed by atoms with van der Waals surface area (Å²) in [6.45, 7) is 0.344. The molecule has 0 aliphatic carbocycles. The van der Waals surface area contributed by atoms with E-state index >= 15 is 0 Å². The summed E-state index contributed by atoms with van der Waals surface area (Å²) in [7, 11) is 1.77. The maximum absolute atomic E-state index is 12.9. The normalized spacial score (nSPS) is 11.9. The molecular weight excluding hydrogens is 366 g/mol. The van der Waals surface area contributed by atoms with Crippen LogP contribution in [0.2, 0.25) is 0 Å². The Morgan fingerprint density at radius 2 is 1.86 bits per heavy atom. The maximum atomic E-state index is 12.9. The number of aromatic nitrogens is 2. The molecule has 1 atom stereocenters. The summed E-state index contributed by atoms with van der Waals surface area (Å²) in [6, 6.07) is 19.2. The SMILES string of the molecule is CN(Cc1cc(-c2ccncc2)no1)C(=O)C[C@H](c1ccccc1)c1ccco1. The average Bonchev–Trinajstić information content (AvgIpc) is 3.45. The summed E-state index contributed by atoms with van der Waals surface area (Å²) in [5, 5.41) is 4.09. The first-order valence-corrected chi connectivity index (χ1v) is 9.39. The van der Waals surface area contributed by atoms with Crippen LogP contribution in [0.5, 0.6) is 0 Å². The molecule has 0 aliphatic heterocycles. The number of nitrogens with zero attached hydrogens (tertiary/aromatic N) is 3. The number of furan rings is 1. The molecule has 6 nitrogen and oxygen atoms in total. The van der Waals surface area contributed by atoms with Gasteiger partial charge in [0.1, 0.15) is 11.5 Å². The van der Waals surface area contributed by atoms with Crippen molar-refractivity contribution in [3.8, 4) is 11.3 Å². The summed E-state index contributed by atoms with van der Waals surface area (Å²) in [6.07, 6.45) is 5.35. The zero-order chi connectivity index (χ0) is 20.1. The van der Waals surface area contributed by atoms with Crippen molar-refractivity contribution in [2.24, 2.45) is 0 Å². The van der Waals surface area contributed by atoms with Gasteiger partial charge in [0.2, 0.25) is 5.91 Å². The molecule has 0 aliphatic rings. The smallest absolute Gasteiger partial charge is 0.223 e. The minimum absolute atomic E-state index is 0.00267. The third kappa shape index (κ3) is 4.43. The summed E-state index contributed by atoms with van der Waals surface area (Å²) < 4.78 is 11.0. The summed E-state index contributed by atoms with van der Waals surface area (Å²) in [5.41, 5.74) is 2.69. The Morgan fingerprint density at radius 3 is 2.59 bits per heavy atom. The molecule has 3 aromatic heterocycles. The third-order valence-corrected chi connectivity index (χ3v) is 4.82. The Bertz CT molecular complexity index is 1040. The largest absolute Gasteiger partial charge is 0.469 e. The van der Waals surface area contributed by atoms with E-state index in [9.17, 15) is 4.79 Å². The van der Waals surface area contributed by atoms with Crippen LogP contribution in [-0.2, 0) is 11.3 Å². The van der Waals surface area contributed by atoms with Crippen LogP contribution in [0.1, 0.15) is 29.4 Å². The Labute approximate surface area is 168 Å². The van der Waals surface area contributed by atoms with Gasteiger partial charge in [-0.25, -0.2) is 0 Å². The van der Waals surface area contributed by atoms with Gasteiger partial charge in [-0.15, -0.1) is 0 Å². The van der Waals surface area contributed by atoms with Gasteiger partial charge in [-0.3, -0.25) is 9.78 Å². The lowest BCUT2D eigenvalue weighted by Gasteiger charge is -2.20. The fourth-order valence-corrected chi connectivity index (χ4v) is 3.26. The van der Waals surface area contributed by atoms with Crippen molar-refractivity contribution >= 4 is 5.91 Å². The van der Waals surface area contributed by atoms with Crippen molar-refractivity contribution in [2.75, 3.05) is 7.05 Å². The lowest BCUT2D eigenvalue weighted by atomic mass is 9.92. The molecular formula is C23H21N3O3. The predicted octanol–water partition coefficient (Wildman–Crippen LogP) is 4.51. The van der Waals surface area contributed by atoms with Gasteiger partial charge in [0.25, 0.3) is 0 Å². The van der Waals surface area contributed by atoms with Crippen LogP contribution in [0.4, 0.5) is 0 Å². The molecule has 4 aromatic rings. The van der Waals surface area contributed by atoms with E-state index < -0.39 is 0 Å². The zero-order valence-corrected chi connectivity index (χ0v) is 16.1. The number of hydrogen-bond donors (Lipinski definition) is 0. The van der Waals surface area contributed by atoms with Crippen molar-refractivity contribution in [1.29, 1.82) is 0 Å². The molecule has 4 rings (SSSR count). The molecule has 0 fully saturated rings. The van der Waals surface area contributed by atoms with E-state index in [1.807, 2.05) is 60.7 Å².